The van der Waals surface area contributed by atoms with Crippen LogP contribution in [0, 0.1) is 0 Å². The minimum absolute atomic E-state index is 0.924. The molecule has 8 aromatic carbocycles. The van der Waals surface area contributed by atoms with Gasteiger partial charge in [0.1, 0.15) is 5.82 Å². The van der Waals surface area contributed by atoms with Gasteiger partial charge in [0.05, 0.1) is 11.0 Å². The molecule has 9 aromatic rings. The fourth-order valence-corrected chi connectivity index (χ4v) is 6.89. The highest BCUT2D eigenvalue weighted by molar-refractivity contribution is 5.98. The number of hydrogen-bond acceptors (Lipinski definition) is 1. The summed E-state index contributed by atoms with van der Waals surface area (Å²) in [5.74, 6) is 0.924. The van der Waals surface area contributed by atoms with Crippen LogP contribution in [0.3, 0.4) is 0 Å². The summed E-state index contributed by atoms with van der Waals surface area (Å²) in [4.78, 5) is 5.28. The first-order valence-corrected chi connectivity index (χ1v) is 16.1. The Morgan fingerprint density at radius 1 is 0.362 bits per heavy atom. The lowest BCUT2D eigenvalue weighted by Crippen LogP contribution is -1.98. The van der Waals surface area contributed by atoms with E-state index in [2.05, 4.69) is 187 Å². The molecule has 0 radical (unpaired) electrons. The second-order valence-electron chi connectivity index (χ2n) is 12.0. The normalized spacial score (nSPS) is 11.4. The smallest absolute Gasteiger partial charge is 0.145 e. The second kappa shape index (κ2) is 11.3. The van der Waals surface area contributed by atoms with Gasteiger partial charge < -0.3 is 0 Å². The zero-order valence-electron chi connectivity index (χ0n) is 25.7. The topological polar surface area (TPSA) is 17.8 Å². The van der Waals surface area contributed by atoms with Crippen molar-refractivity contribution in [2.75, 3.05) is 0 Å². The van der Waals surface area contributed by atoms with Crippen LogP contribution in [0.2, 0.25) is 0 Å². The van der Waals surface area contributed by atoms with Gasteiger partial charge in [0, 0.05) is 11.3 Å². The van der Waals surface area contributed by atoms with E-state index < -0.39 is 0 Å². The van der Waals surface area contributed by atoms with Crippen LogP contribution in [0.25, 0.3) is 83.0 Å². The SMILES string of the molecule is c1ccc(-c2ccc3c(c2)nc(-c2ccc(-c4cccc5ccccc45)cc2)n3-c2ccc(-c3cccc4ccccc34)cc2)cc1. The van der Waals surface area contributed by atoms with Crippen LogP contribution in [-0.2, 0) is 0 Å². The molecular formula is C45H30N2. The zero-order chi connectivity index (χ0) is 31.2. The predicted molar refractivity (Wildman–Crippen MR) is 198 cm³/mol. The molecule has 0 fully saturated rings. The molecule has 0 aliphatic heterocycles. The van der Waals surface area contributed by atoms with Gasteiger partial charge in [0.15, 0.2) is 0 Å². The van der Waals surface area contributed by atoms with Crippen LogP contribution in [0.5, 0.6) is 0 Å². The Hall–Kier alpha value is -6.25. The maximum Gasteiger partial charge on any atom is 0.145 e. The van der Waals surface area contributed by atoms with E-state index >= 15 is 0 Å². The van der Waals surface area contributed by atoms with Crippen LogP contribution >= 0.6 is 0 Å². The molecule has 0 saturated carbocycles. The van der Waals surface area contributed by atoms with Crippen molar-refractivity contribution in [3.8, 4) is 50.5 Å². The molecule has 0 aliphatic rings. The number of benzene rings is 8. The molecule has 0 saturated heterocycles. The van der Waals surface area contributed by atoms with Crippen molar-refractivity contribution in [3.63, 3.8) is 0 Å². The van der Waals surface area contributed by atoms with Crippen molar-refractivity contribution in [2.45, 2.75) is 0 Å². The molecule has 0 N–H and O–H groups in total. The van der Waals surface area contributed by atoms with Gasteiger partial charge in [0.2, 0.25) is 0 Å². The Bertz CT molecular complexity index is 2530. The summed E-state index contributed by atoms with van der Waals surface area (Å²) in [7, 11) is 0. The maximum absolute atomic E-state index is 5.28. The highest BCUT2D eigenvalue weighted by atomic mass is 15.1. The summed E-state index contributed by atoms with van der Waals surface area (Å²) in [6, 6.07) is 65.1. The molecule has 0 bridgehead atoms. The average Bonchev–Trinajstić information content (AvgIpc) is 3.54. The maximum atomic E-state index is 5.28. The standard InChI is InChI=1S/C45H30N2/c1-2-10-31(11-3-1)37-26-29-44-43(30-37)46-45(36-22-20-34(21-23-36)41-18-8-14-32-12-4-6-16-39(32)41)47(44)38-27-24-35(25-28-38)42-19-9-15-33-13-5-7-17-40(33)42/h1-30H. The fraction of sp³-hybridized carbons (Fsp3) is 0. The summed E-state index contributed by atoms with van der Waals surface area (Å²) in [5.41, 5.74) is 11.4. The Morgan fingerprint density at radius 3 is 1.51 bits per heavy atom. The lowest BCUT2D eigenvalue weighted by molar-refractivity contribution is 1.10. The summed E-state index contributed by atoms with van der Waals surface area (Å²) >= 11 is 0. The number of rotatable bonds is 5. The quantitative estimate of drug-likeness (QED) is 0.193. The molecule has 1 aromatic heterocycles. The monoisotopic (exact) mass is 598 g/mol. The van der Waals surface area contributed by atoms with Gasteiger partial charge in [-0.25, -0.2) is 4.98 Å². The van der Waals surface area contributed by atoms with E-state index in [4.69, 9.17) is 4.98 Å². The third-order valence-electron chi connectivity index (χ3n) is 9.23. The van der Waals surface area contributed by atoms with Gasteiger partial charge >= 0.3 is 0 Å². The third-order valence-corrected chi connectivity index (χ3v) is 9.23. The molecular weight excluding hydrogens is 569 g/mol. The molecule has 220 valence electrons. The Morgan fingerprint density at radius 2 is 0.872 bits per heavy atom. The number of fused-ring (bicyclic) bond motifs is 3. The van der Waals surface area contributed by atoms with E-state index in [1.54, 1.807) is 0 Å². The van der Waals surface area contributed by atoms with E-state index in [1.807, 2.05) is 0 Å². The first-order chi connectivity index (χ1) is 23.3. The minimum Gasteiger partial charge on any atom is -0.292 e. The fourth-order valence-electron chi connectivity index (χ4n) is 6.89. The molecule has 0 aliphatic carbocycles. The van der Waals surface area contributed by atoms with E-state index in [-0.39, 0.29) is 0 Å². The molecule has 47 heavy (non-hydrogen) atoms. The first kappa shape index (κ1) is 27.1. The van der Waals surface area contributed by atoms with Crippen LogP contribution in [0.4, 0.5) is 0 Å². The molecule has 0 amide bonds. The predicted octanol–water partition coefficient (Wildman–Crippen LogP) is 12.0. The Labute approximate surface area is 273 Å². The number of hydrogen-bond donors (Lipinski definition) is 0. The largest absolute Gasteiger partial charge is 0.292 e. The highest BCUT2D eigenvalue weighted by Crippen LogP contribution is 2.35. The second-order valence-corrected chi connectivity index (χ2v) is 12.0. The minimum atomic E-state index is 0.924. The van der Waals surface area contributed by atoms with E-state index in [0.29, 0.717) is 0 Å². The van der Waals surface area contributed by atoms with Gasteiger partial charge in [-0.2, -0.15) is 0 Å². The summed E-state index contributed by atoms with van der Waals surface area (Å²) in [6.45, 7) is 0. The van der Waals surface area contributed by atoms with Gasteiger partial charge in [-0.3, -0.25) is 4.57 Å². The Kier molecular flexibility index (Phi) is 6.50. The van der Waals surface area contributed by atoms with Crippen molar-refractivity contribution < 1.29 is 0 Å². The average molecular weight is 599 g/mol. The first-order valence-electron chi connectivity index (χ1n) is 16.1. The summed E-state index contributed by atoms with van der Waals surface area (Å²) in [6.07, 6.45) is 0. The number of nitrogens with zero attached hydrogens (tertiary/aromatic N) is 2. The summed E-state index contributed by atoms with van der Waals surface area (Å²) in [5, 5.41) is 5.01. The van der Waals surface area contributed by atoms with Crippen LogP contribution in [0.15, 0.2) is 182 Å². The van der Waals surface area contributed by atoms with Crippen molar-refractivity contribution in [1.82, 2.24) is 9.55 Å². The lowest BCUT2D eigenvalue weighted by Gasteiger charge is -2.13. The van der Waals surface area contributed by atoms with Crippen molar-refractivity contribution in [2.24, 2.45) is 0 Å². The van der Waals surface area contributed by atoms with Crippen LogP contribution in [-0.4, -0.2) is 9.55 Å². The third kappa shape index (κ3) is 4.79. The van der Waals surface area contributed by atoms with E-state index in [1.165, 1.54) is 49.4 Å². The van der Waals surface area contributed by atoms with Gasteiger partial charge in [0.25, 0.3) is 0 Å². The van der Waals surface area contributed by atoms with Gasteiger partial charge in [-0.15, -0.1) is 0 Å². The molecule has 9 rings (SSSR count). The Balaban J connectivity index is 1.18. The summed E-state index contributed by atoms with van der Waals surface area (Å²) < 4.78 is 2.30. The van der Waals surface area contributed by atoms with E-state index in [9.17, 15) is 0 Å². The number of aromatic nitrogens is 2. The molecule has 2 heteroatoms. The molecule has 0 unspecified atom stereocenters. The van der Waals surface area contributed by atoms with Gasteiger partial charge in [-0.05, 0) is 79.2 Å². The van der Waals surface area contributed by atoms with Crippen molar-refractivity contribution in [3.05, 3.63) is 182 Å². The molecule has 2 nitrogen and oxygen atoms in total. The lowest BCUT2D eigenvalue weighted by atomic mass is 9.97. The van der Waals surface area contributed by atoms with Gasteiger partial charge in [-0.1, -0.05) is 158 Å². The van der Waals surface area contributed by atoms with Crippen LogP contribution < -0.4 is 0 Å². The zero-order valence-corrected chi connectivity index (χ0v) is 25.7. The highest BCUT2D eigenvalue weighted by Gasteiger charge is 2.16. The van der Waals surface area contributed by atoms with E-state index in [0.717, 1.165) is 33.7 Å². The van der Waals surface area contributed by atoms with Crippen molar-refractivity contribution in [1.29, 1.82) is 0 Å². The molecule has 0 atom stereocenters. The number of imidazole rings is 1. The van der Waals surface area contributed by atoms with Crippen LogP contribution in [0.1, 0.15) is 0 Å². The van der Waals surface area contributed by atoms with Crippen molar-refractivity contribution >= 4 is 32.6 Å². The molecule has 0 spiro atoms. The molecule has 1 heterocycles.